The molecule has 1 atom stereocenters. The lowest BCUT2D eigenvalue weighted by atomic mass is 9.80. The number of amides is 2. The van der Waals surface area contributed by atoms with Crippen molar-refractivity contribution < 1.29 is 9.59 Å². The Balaban J connectivity index is 1.99. The Morgan fingerprint density at radius 2 is 1.77 bits per heavy atom. The van der Waals surface area contributed by atoms with Crippen LogP contribution in [0.15, 0.2) is 48.5 Å². The van der Waals surface area contributed by atoms with Crippen LogP contribution >= 0.6 is 0 Å². The molecule has 0 radical (unpaired) electrons. The summed E-state index contributed by atoms with van der Waals surface area (Å²) in [5, 5.41) is 0. The quantitative estimate of drug-likeness (QED) is 0.840. The van der Waals surface area contributed by atoms with Gasteiger partial charge in [-0.15, -0.1) is 0 Å². The molecular weight excluding hydrogens is 324 g/mol. The van der Waals surface area contributed by atoms with Crippen LogP contribution in [0, 0.1) is 0 Å². The zero-order valence-corrected chi connectivity index (χ0v) is 16.0. The lowest BCUT2D eigenvalue weighted by Gasteiger charge is -2.28. The van der Waals surface area contributed by atoms with Gasteiger partial charge in [0.25, 0.3) is 0 Å². The fourth-order valence-electron chi connectivity index (χ4n) is 3.65. The van der Waals surface area contributed by atoms with Gasteiger partial charge in [-0.3, -0.25) is 9.59 Å². The van der Waals surface area contributed by atoms with Crippen molar-refractivity contribution >= 4 is 17.5 Å². The second-order valence-corrected chi connectivity index (χ2v) is 7.45. The Morgan fingerprint density at radius 3 is 2.38 bits per heavy atom. The molecule has 1 aliphatic heterocycles. The number of nitrogens with zero attached hydrogens (tertiary/aromatic N) is 2. The summed E-state index contributed by atoms with van der Waals surface area (Å²) in [6.45, 7) is 6.72. The van der Waals surface area contributed by atoms with E-state index in [-0.39, 0.29) is 17.2 Å². The number of anilines is 1. The first-order chi connectivity index (χ1) is 12.3. The van der Waals surface area contributed by atoms with E-state index in [0.29, 0.717) is 13.1 Å². The molecule has 0 spiro atoms. The van der Waals surface area contributed by atoms with Crippen molar-refractivity contribution in [3.8, 4) is 11.1 Å². The first-order valence-electron chi connectivity index (χ1n) is 9.01. The lowest BCUT2D eigenvalue weighted by molar-refractivity contribution is -0.127. The van der Waals surface area contributed by atoms with E-state index in [1.54, 1.807) is 18.7 Å². The molecular formula is C22H26N2O2. The van der Waals surface area contributed by atoms with Crippen molar-refractivity contribution in [3.05, 3.63) is 54.1 Å². The highest BCUT2D eigenvalue weighted by Gasteiger charge is 2.40. The largest absolute Gasteiger partial charge is 0.346 e. The maximum Gasteiger partial charge on any atom is 0.223 e. The zero-order chi connectivity index (χ0) is 18.9. The molecule has 4 heteroatoms. The third kappa shape index (κ3) is 3.36. The van der Waals surface area contributed by atoms with Crippen LogP contribution in [0.2, 0.25) is 0 Å². The molecule has 2 amide bonds. The zero-order valence-electron chi connectivity index (χ0n) is 16.0. The Morgan fingerprint density at radius 1 is 1.08 bits per heavy atom. The summed E-state index contributed by atoms with van der Waals surface area (Å²) in [6.07, 6.45) is 0.818. The molecule has 0 aromatic heterocycles. The van der Waals surface area contributed by atoms with Gasteiger partial charge in [-0.05, 0) is 35.2 Å². The third-order valence-electron chi connectivity index (χ3n) is 5.47. The Kier molecular flexibility index (Phi) is 4.86. The van der Waals surface area contributed by atoms with Crippen LogP contribution in [-0.4, -0.2) is 36.9 Å². The van der Waals surface area contributed by atoms with Crippen LogP contribution in [0.1, 0.15) is 32.8 Å². The summed E-state index contributed by atoms with van der Waals surface area (Å²) in [5.74, 6) is 0.121. The molecule has 3 rings (SSSR count). The van der Waals surface area contributed by atoms with E-state index in [2.05, 4.69) is 37.3 Å². The molecule has 0 bridgehead atoms. The van der Waals surface area contributed by atoms with E-state index in [0.717, 1.165) is 17.7 Å². The van der Waals surface area contributed by atoms with Crippen molar-refractivity contribution in [2.24, 2.45) is 0 Å². The van der Waals surface area contributed by atoms with Gasteiger partial charge in [-0.2, -0.15) is 0 Å². The number of fused-ring (bicyclic) bond motifs is 1. The predicted molar refractivity (Wildman–Crippen MR) is 105 cm³/mol. The van der Waals surface area contributed by atoms with Crippen LogP contribution in [0.25, 0.3) is 11.1 Å². The van der Waals surface area contributed by atoms with Crippen LogP contribution in [-0.2, 0) is 15.0 Å². The van der Waals surface area contributed by atoms with Crippen molar-refractivity contribution in [1.29, 1.82) is 0 Å². The summed E-state index contributed by atoms with van der Waals surface area (Å²) >= 11 is 0. The van der Waals surface area contributed by atoms with Crippen molar-refractivity contribution in [2.75, 3.05) is 25.0 Å². The minimum Gasteiger partial charge on any atom is -0.346 e. The molecule has 1 unspecified atom stereocenters. The number of hydrogen-bond acceptors (Lipinski definition) is 2. The van der Waals surface area contributed by atoms with Crippen LogP contribution in [0.4, 0.5) is 5.69 Å². The summed E-state index contributed by atoms with van der Waals surface area (Å²) < 4.78 is 0. The average Bonchev–Trinajstić information content (AvgIpc) is 2.93. The van der Waals surface area contributed by atoms with Crippen LogP contribution < -0.4 is 4.90 Å². The first kappa shape index (κ1) is 18.2. The average molecular weight is 350 g/mol. The molecule has 0 saturated heterocycles. The fraction of sp³-hybridized carbons (Fsp3) is 0.364. The number of carbonyl (C=O) groups excluding carboxylic acids is 2. The Bertz CT molecular complexity index is 831. The number of benzene rings is 2. The topological polar surface area (TPSA) is 40.6 Å². The van der Waals surface area contributed by atoms with E-state index in [1.807, 2.05) is 30.1 Å². The SMILES string of the molecule is CC(=O)N(C)CCC1(C)CN(C(C)=O)c2ccc(-c3ccccc3)cc21. The molecule has 0 N–H and O–H groups in total. The summed E-state index contributed by atoms with van der Waals surface area (Å²) in [4.78, 5) is 27.3. The van der Waals surface area contributed by atoms with E-state index < -0.39 is 0 Å². The summed E-state index contributed by atoms with van der Waals surface area (Å²) in [5.41, 5.74) is 4.33. The number of carbonyl (C=O) groups is 2. The van der Waals surface area contributed by atoms with E-state index in [4.69, 9.17) is 0 Å². The molecule has 2 aromatic carbocycles. The standard InChI is InChI=1S/C22H26N2O2/c1-16(25)23(4)13-12-22(3)15-24(17(2)26)21-11-10-19(14-20(21)22)18-8-6-5-7-9-18/h5-11,14H,12-13,15H2,1-4H3. The van der Waals surface area contributed by atoms with E-state index in [9.17, 15) is 9.59 Å². The van der Waals surface area contributed by atoms with E-state index in [1.165, 1.54) is 11.1 Å². The number of hydrogen-bond donors (Lipinski definition) is 0. The van der Waals surface area contributed by atoms with Gasteiger partial charge in [0.05, 0.1) is 0 Å². The fourth-order valence-corrected chi connectivity index (χ4v) is 3.65. The highest BCUT2D eigenvalue weighted by Crippen LogP contribution is 2.44. The van der Waals surface area contributed by atoms with Gasteiger partial charge >= 0.3 is 0 Å². The van der Waals surface area contributed by atoms with Gasteiger partial charge < -0.3 is 9.80 Å². The van der Waals surface area contributed by atoms with Gasteiger partial charge in [0.15, 0.2) is 0 Å². The van der Waals surface area contributed by atoms with Gasteiger partial charge in [-0.1, -0.05) is 43.3 Å². The second kappa shape index (κ2) is 6.94. The lowest BCUT2D eigenvalue weighted by Crippen LogP contribution is -2.37. The molecule has 1 aliphatic rings. The van der Waals surface area contributed by atoms with Gasteiger partial charge in [0.2, 0.25) is 11.8 Å². The molecule has 1 heterocycles. The van der Waals surface area contributed by atoms with Crippen molar-refractivity contribution in [2.45, 2.75) is 32.6 Å². The molecule has 26 heavy (non-hydrogen) atoms. The molecule has 4 nitrogen and oxygen atoms in total. The predicted octanol–water partition coefficient (Wildman–Crippen LogP) is 3.85. The highest BCUT2D eigenvalue weighted by molar-refractivity contribution is 5.95. The molecule has 2 aromatic rings. The van der Waals surface area contributed by atoms with Crippen molar-refractivity contribution in [1.82, 2.24) is 4.90 Å². The first-order valence-corrected chi connectivity index (χ1v) is 9.01. The summed E-state index contributed by atoms with van der Waals surface area (Å²) in [6, 6.07) is 16.6. The molecule has 136 valence electrons. The maximum absolute atomic E-state index is 12.2. The smallest absolute Gasteiger partial charge is 0.223 e. The highest BCUT2D eigenvalue weighted by atomic mass is 16.2. The normalized spacial score (nSPS) is 18.5. The minimum atomic E-state index is -0.171. The van der Waals surface area contributed by atoms with Crippen LogP contribution in [0.5, 0.6) is 0 Å². The third-order valence-corrected chi connectivity index (χ3v) is 5.47. The van der Waals surface area contributed by atoms with Crippen molar-refractivity contribution in [3.63, 3.8) is 0 Å². The van der Waals surface area contributed by atoms with Gasteiger partial charge in [0.1, 0.15) is 0 Å². The number of rotatable bonds is 4. The summed E-state index contributed by atoms with van der Waals surface area (Å²) in [7, 11) is 1.82. The van der Waals surface area contributed by atoms with Gasteiger partial charge in [0, 0.05) is 45.1 Å². The van der Waals surface area contributed by atoms with Crippen LogP contribution in [0.3, 0.4) is 0 Å². The van der Waals surface area contributed by atoms with E-state index >= 15 is 0 Å². The second-order valence-electron chi connectivity index (χ2n) is 7.45. The van der Waals surface area contributed by atoms with Gasteiger partial charge in [-0.25, -0.2) is 0 Å². The monoisotopic (exact) mass is 350 g/mol. The molecule has 0 fully saturated rings. The molecule has 0 aliphatic carbocycles. The maximum atomic E-state index is 12.2. The minimum absolute atomic E-state index is 0.0577. The molecule has 0 saturated carbocycles. The Hall–Kier alpha value is -2.62. The Labute approximate surface area is 155 Å².